The van der Waals surface area contributed by atoms with Gasteiger partial charge in [0.05, 0.1) is 6.04 Å². The van der Waals surface area contributed by atoms with Crippen LogP contribution in [0.3, 0.4) is 0 Å². The second-order valence-electron chi connectivity index (χ2n) is 5.08. The molecule has 0 radical (unpaired) electrons. The van der Waals surface area contributed by atoms with Crippen molar-refractivity contribution in [1.82, 2.24) is 10.2 Å². The van der Waals surface area contributed by atoms with Crippen molar-refractivity contribution in [3.8, 4) is 0 Å². The molecule has 1 N–H and O–H groups in total. The molecule has 1 heterocycles. The zero-order valence-corrected chi connectivity index (χ0v) is 11.7. The average Bonchev–Trinajstić information content (AvgIpc) is 2.47. The first-order valence-electron chi connectivity index (χ1n) is 6.62. The van der Waals surface area contributed by atoms with Crippen LogP contribution < -0.4 is 5.32 Å². The fourth-order valence-electron chi connectivity index (χ4n) is 2.42. The highest BCUT2D eigenvalue weighted by Crippen LogP contribution is 2.16. The second-order valence-corrected chi connectivity index (χ2v) is 5.08. The summed E-state index contributed by atoms with van der Waals surface area (Å²) in [5, 5.41) is 2.31. The Morgan fingerprint density at radius 2 is 2.05 bits per heavy atom. The number of benzene rings is 1. The van der Waals surface area contributed by atoms with Gasteiger partial charge < -0.3 is 0 Å². The molecule has 110 valence electrons. The number of carbonyl (C=O) groups is 4. The van der Waals surface area contributed by atoms with Gasteiger partial charge in [-0.3, -0.25) is 29.4 Å². The van der Waals surface area contributed by atoms with Crippen molar-refractivity contribution in [3.63, 3.8) is 0 Å². The van der Waals surface area contributed by atoms with Gasteiger partial charge in [0.25, 0.3) is 0 Å². The van der Waals surface area contributed by atoms with Gasteiger partial charge in [0.15, 0.2) is 0 Å². The molecule has 1 aromatic rings. The Labute approximate surface area is 122 Å². The summed E-state index contributed by atoms with van der Waals surface area (Å²) >= 11 is 0. The predicted molar refractivity (Wildman–Crippen MR) is 74.9 cm³/mol. The van der Waals surface area contributed by atoms with Gasteiger partial charge in [-0.2, -0.15) is 0 Å². The number of aldehydes is 2. The highest BCUT2D eigenvalue weighted by molar-refractivity contribution is 6.00. The summed E-state index contributed by atoms with van der Waals surface area (Å²) < 4.78 is 0. The number of piperidine rings is 1. The summed E-state index contributed by atoms with van der Waals surface area (Å²) in [6, 6.07) is 4.46. The number of nitrogens with zero attached hydrogens (tertiary/aromatic N) is 1. The van der Waals surface area contributed by atoms with Crippen molar-refractivity contribution in [1.29, 1.82) is 0 Å². The summed E-state index contributed by atoms with van der Waals surface area (Å²) in [5.41, 5.74) is 1.60. The first kappa shape index (κ1) is 15.1. The van der Waals surface area contributed by atoms with Crippen molar-refractivity contribution in [3.05, 3.63) is 34.9 Å². The van der Waals surface area contributed by atoms with E-state index in [9.17, 15) is 19.2 Å². The summed E-state index contributed by atoms with van der Waals surface area (Å²) in [6.07, 6.45) is 2.15. The number of likely N-dealkylation sites (N-methyl/N-ethyl adjacent to an activating group) is 1. The van der Waals surface area contributed by atoms with Crippen molar-refractivity contribution >= 4 is 24.4 Å². The van der Waals surface area contributed by atoms with E-state index in [1.54, 1.807) is 24.1 Å². The molecule has 1 atom stereocenters. The van der Waals surface area contributed by atoms with Crippen molar-refractivity contribution in [2.45, 2.75) is 25.4 Å². The van der Waals surface area contributed by atoms with Gasteiger partial charge in [-0.05, 0) is 25.1 Å². The fourth-order valence-corrected chi connectivity index (χ4v) is 2.42. The zero-order valence-electron chi connectivity index (χ0n) is 11.7. The summed E-state index contributed by atoms with van der Waals surface area (Å²) in [6.45, 7) is 0.388. The number of amides is 2. The molecule has 0 spiro atoms. The van der Waals surface area contributed by atoms with Crippen LogP contribution in [0.1, 0.15) is 39.1 Å². The number of carbonyl (C=O) groups excluding carboxylic acids is 4. The van der Waals surface area contributed by atoms with E-state index in [0.29, 0.717) is 43.1 Å². The first-order chi connectivity index (χ1) is 10.0. The molecule has 0 bridgehead atoms. The molecule has 0 saturated carbocycles. The van der Waals surface area contributed by atoms with E-state index in [0.717, 1.165) is 5.56 Å². The lowest BCUT2D eigenvalue weighted by molar-refractivity contribution is -0.137. The smallest absolute Gasteiger partial charge is 0.243 e. The monoisotopic (exact) mass is 288 g/mol. The van der Waals surface area contributed by atoms with Crippen LogP contribution in [0.5, 0.6) is 0 Å². The van der Waals surface area contributed by atoms with Crippen LogP contribution in [0.15, 0.2) is 18.2 Å². The van der Waals surface area contributed by atoms with Gasteiger partial charge in [0.2, 0.25) is 11.8 Å². The topological polar surface area (TPSA) is 83.6 Å². The molecule has 6 heteroatoms. The van der Waals surface area contributed by atoms with Gasteiger partial charge >= 0.3 is 0 Å². The Bertz CT molecular complexity index is 597. The van der Waals surface area contributed by atoms with E-state index in [4.69, 9.17) is 0 Å². The van der Waals surface area contributed by atoms with Crippen molar-refractivity contribution in [2.75, 3.05) is 7.05 Å². The third-order valence-electron chi connectivity index (χ3n) is 3.59. The highest BCUT2D eigenvalue weighted by atomic mass is 16.2. The molecule has 1 saturated heterocycles. The Balaban J connectivity index is 2.14. The Morgan fingerprint density at radius 1 is 1.29 bits per heavy atom. The lowest BCUT2D eigenvalue weighted by Gasteiger charge is -2.29. The molecule has 21 heavy (non-hydrogen) atoms. The van der Waals surface area contributed by atoms with Crippen molar-refractivity contribution in [2.24, 2.45) is 0 Å². The number of imide groups is 1. The van der Waals surface area contributed by atoms with Crippen LogP contribution >= 0.6 is 0 Å². The maximum absolute atomic E-state index is 11.8. The Morgan fingerprint density at radius 3 is 2.67 bits per heavy atom. The molecular formula is C15H16N2O4. The fraction of sp³-hybridized carbons (Fsp3) is 0.333. The molecule has 2 rings (SSSR count). The lowest BCUT2D eigenvalue weighted by Crippen LogP contribution is -2.51. The molecule has 0 aromatic heterocycles. The molecule has 1 aromatic carbocycles. The number of rotatable bonds is 5. The lowest BCUT2D eigenvalue weighted by atomic mass is 10.0. The van der Waals surface area contributed by atoms with Crippen LogP contribution in [-0.4, -0.2) is 42.4 Å². The molecule has 6 nitrogen and oxygen atoms in total. The van der Waals surface area contributed by atoms with Crippen LogP contribution in [0.2, 0.25) is 0 Å². The van der Waals surface area contributed by atoms with Crippen LogP contribution in [-0.2, 0) is 16.1 Å². The average molecular weight is 288 g/mol. The molecular weight excluding hydrogens is 272 g/mol. The second kappa shape index (κ2) is 6.41. The first-order valence-corrected chi connectivity index (χ1v) is 6.62. The molecule has 0 aliphatic carbocycles. The summed E-state index contributed by atoms with van der Waals surface area (Å²) in [7, 11) is 1.77. The summed E-state index contributed by atoms with van der Waals surface area (Å²) in [4.78, 5) is 46.6. The minimum absolute atomic E-state index is 0.256. The van der Waals surface area contributed by atoms with Gasteiger partial charge in [0, 0.05) is 24.1 Å². The molecule has 1 aliphatic rings. The van der Waals surface area contributed by atoms with E-state index in [-0.39, 0.29) is 11.8 Å². The van der Waals surface area contributed by atoms with E-state index >= 15 is 0 Å². The van der Waals surface area contributed by atoms with E-state index in [1.165, 1.54) is 6.07 Å². The normalized spacial score (nSPS) is 18.5. The Hall–Kier alpha value is -2.34. The summed E-state index contributed by atoms with van der Waals surface area (Å²) in [5.74, 6) is -0.570. The molecule has 2 amide bonds. The van der Waals surface area contributed by atoms with Crippen LogP contribution in [0.25, 0.3) is 0 Å². The van der Waals surface area contributed by atoms with Crippen LogP contribution in [0, 0.1) is 0 Å². The molecule has 1 unspecified atom stereocenters. The third kappa shape index (κ3) is 3.41. The number of hydrogen-bond donors (Lipinski definition) is 1. The minimum atomic E-state index is -0.395. The van der Waals surface area contributed by atoms with Crippen LogP contribution in [0.4, 0.5) is 0 Å². The van der Waals surface area contributed by atoms with Gasteiger partial charge in [-0.25, -0.2) is 0 Å². The maximum Gasteiger partial charge on any atom is 0.243 e. The number of nitrogens with one attached hydrogen (secondary N) is 1. The Kier molecular flexibility index (Phi) is 4.59. The largest absolute Gasteiger partial charge is 0.298 e. The van der Waals surface area contributed by atoms with E-state index < -0.39 is 6.04 Å². The zero-order chi connectivity index (χ0) is 15.4. The molecule has 1 fully saturated rings. The predicted octanol–water partition coefficient (Wildman–Crippen LogP) is 0.549. The van der Waals surface area contributed by atoms with Gasteiger partial charge in [-0.15, -0.1) is 0 Å². The number of hydrogen-bond acceptors (Lipinski definition) is 5. The quantitative estimate of drug-likeness (QED) is 0.632. The third-order valence-corrected chi connectivity index (χ3v) is 3.59. The van der Waals surface area contributed by atoms with Gasteiger partial charge in [0.1, 0.15) is 12.6 Å². The SMILES string of the molecule is CN(Cc1ccc(C=O)cc1C=O)C1CCC(=O)NC1=O. The van der Waals surface area contributed by atoms with Gasteiger partial charge in [-0.1, -0.05) is 12.1 Å². The minimum Gasteiger partial charge on any atom is -0.298 e. The molecule has 1 aliphatic heterocycles. The standard InChI is InChI=1S/C15H16N2O4/c1-17(13-4-5-14(20)16-15(13)21)7-11-3-2-10(8-18)6-12(11)9-19/h2-3,6,8-9,13H,4-5,7H2,1H3,(H,16,20,21). The van der Waals surface area contributed by atoms with E-state index in [2.05, 4.69) is 5.32 Å². The highest BCUT2D eigenvalue weighted by Gasteiger charge is 2.29. The maximum atomic E-state index is 11.8. The van der Waals surface area contributed by atoms with E-state index in [1.807, 2.05) is 0 Å². The van der Waals surface area contributed by atoms with Crippen molar-refractivity contribution < 1.29 is 19.2 Å².